The lowest BCUT2D eigenvalue weighted by Gasteiger charge is -2.33. The van der Waals surface area contributed by atoms with Crippen molar-refractivity contribution < 1.29 is 14.0 Å². The van der Waals surface area contributed by atoms with Gasteiger partial charge in [0.15, 0.2) is 0 Å². The Kier molecular flexibility index (Phi) is 4.96. The lowest BCUT2D eigenvalue weighted by atomic mass is 9.92. The molecule has 2 amide bonds. The number of anilines is 1. The quantitative estimate of drug-likeness (QED) is 0.829. The molecule has 0 spiro atoms. The minimum atomic E-state index is -0.379. The van der Waals surface area contributed by atoms with E-state index < -0.39 is 0 Å². The number of likely N-dealkylation sites (tertiary alicyclic amines) is 1. The summed E-state index contributed by atoms with van der Waals surface area (Å²) in [5, 5.41) is 6.25. The van der Waals surface area contributed by atoms with Crippen molar-refractivity contribution in [2.45, 2.75) is 64.0 Å². The van der Waals surface area contributed by atoms with Gasteiger partial charge in [0.2, 0.25) is 11.8 Å². The second kappa shape index (κ2) is 7.31. The molecule has 0 saturated carbocycles. The van der Waals surface area contributed by atoms with Crippen molar-refractivity contribution in [2.75, 3.05) is 18.4 Å². The summed E-state index contributed by atoms with van der Waals surface area (Å²) in [5.41, 5.74) is 1.43. The first-order chi connectivity index (χ1) is 13.7. The van der Waals surface area contributed by atoms with Gasteiger partial charge in [0.25, 0.3) is 0 Å². The predicted octanol–water partition coefficient (Wildman–Crippen LogP) is 2.67. The molecule has 0 unspecified atom stereocenters. The van der Waals surface area contributed by atoms with Crippen LogP contribution in [0.5, 0.6) is 0 Å². The first-order valence-corrected chi connectivity index (χ1v) is 10.2. The van der Waals surface area contributed by atoms with Crippen LogP contribution in [-0.2, 0) is 9.59 Å². The first kappa shape index (κ1) is 19.7. The number of fused-ring (bicyclic) bond motifs is 1. The zero-order chi connectivity index (χ0) is 20.8. The fourth-order valence-electron chi connectivity index (χ4n) is 4.19. The van der Waals surface area contributed by atoms with E-state index in [1.807, 2.05) is 4.90 Å². The van der Waals surface area contributed by atoms with Gasteiger partial charge in [-0.1, -0.05) is 0 Å². The fraction of sp³-hybridized carbons (Fsp3) is 0.571. The van der Waals surface area contributed by atoms with Crippen LogP contribution in [0.2, 0.25) is 0 Å². The van der Waals surface area contributed by atoms with E-state index in [1.165, 1.54) is 12.3 Å². The van der Waals surface area contributed by atoms with Crippen molar-refractivity contribution in [1.29, 1.82) is 0 Å². The third kappa shape index (κ3) is 4.06. The Hall–Kier alpha value is -2.64. The number of amides is 2. The van der Waals surface area contributed by atoms with E-state index in [4.69, 9.17) is 4.98 Å². The smallest absolute Gasteiger partial charge is 0.245 e. The van der Waals surface area contributed by atoms with Crippen molar-refractivity contribution in [3.63, 3.8) is 0 Å². The Balaban J connectivity index is 1.54. The minimum absolute atomic E-state index is 0.0133. The lowest BCUT2D eigenvalue weighted by molar-refractivity contribution is -0.135. The molecule has 0 aliphatic carbocycles. The largest absolute Gasteiger partial charge is 0.365 e. The summed E-state index contributed by atoms with van der Waals surface area (Å²) in [6.07, 6.45) is 4.04. The van der Waals surface area contributed by atoms with E-state index in [0.29, 0.717) is 31.6 Å². The fourth-order valence-corrected chi connectivity index (χ4v) is 4.19. The van der Waals surface area contributed by atoms with Gasteiger partial charge in [-0.25, -0.2) is 9.37 Å². The monoisotopic (exact) mass is 401 g/mol. The van der Waals surface area contributed by atoms with Crippen molar-refractivity contribution in [3.05, 3.63) is 29.8 Å². The van der Waals surface area contributed by atoms with E-state index >= 15 is 0 Å². The molecule has 4 heterocycles. The average Bonchev–Trinajstić information content (AvgIpc) is 3.24. The molecule has 2 saturated heterocycles. The second-order valence-corrected chi connectivity index (χ2v) is 9.05. The van der Waals surface area contributed by atoms with Gasteiger partial charge in [0, 0.05) is 37.2 Å². The molecule has 2 aromatic heterocycles. The molecule has 156 valence electrons. The number of imidazole rings is 1. The van der Waals surface area contributed by atoms with Gasteiger partial charge >= 0.3 is 0 Å². The molecule has 2 aliphatic heterocycles. The summed E-state index contributed by atoms with van der Waals surface area (Å²) in [7, 11) is 0. The minimum Gasteiger partial charge on any atom is -0.365 e. The number of aromatic nitrogens is 2. The van der Waals surface area contributed by atoms with Crippen LogP contribution >= 0.6 is 0 Å². The highest BCUT2D eigenvalue weighted by molar-refractivity contribution is 5.90. The van der Waals surface area contributed by atoms with Crippen LogP contribution in [0.4, 0.5) is 10.2 Å². The van der Waals surface area contributed by atoms with Gasteiger partial charge in [-0.2, -0.15) is 0 Å². The highest BCUT2D eigenvalue weighted by atomic mass is 19.1. The predicted molar refractivity (Wildman–Crippen MR) is 108 cm³/mol. The number of piperidine rings is 1. The van der Waals surface area contributed by atoms with Crippen LogP contribution in [0.15, 0.2) is 18.3 Å². The number of halogens is 1. The number of rotatable bonds is 3. The number of pyridine rings is 1. The summed E-state index contributed by atoms with van der Waals surface area (Å²) in [6.45, 7) is 7.45. The van der Waals surface area contributed by atoms with E-state index in [-0.39, 0.29) is 35.1 Å². The summed E-state index contributed by atoms with van der Waals surface area (Å²) in [5.74, 6) is 0.662. The van der Waals surface area contributed by atoms with Gasteiger partial charge < -0.3 is 15.5 Å². The second-order valence-electron chi connectivity index (χ2n) is 9.05. The zero-order valence-corrected chi connectivity index (χ0v) is 17.2. The van der Waals surface area contributed by atoms with Crippen LogP contribution < -0.4 is 10.6 Å². The maximum atomic E-state index is 13.9. The Labute approximate surface area is 169 Å². The summed E-state index contributed by atoms with van der Waals surface area (Å²) in [6, 6.07) is 2.73. The molecule has 0 aromatic carbocycles. The number of hydrogen-bond donors (Lipinski definition) is 2. The third-order valence-electron chi connectivity index (χ3n) is 5.59. The van der Waals surface area contributed by atoms with Gasteiger partial charge in [-0.3, -0.25) is 14.0 Å². The molecule has 2 aromatic rings. The zero-order valence-electron chi connectivity index (χ0n) is 17.2. The number of carbonyl (C=O) groups excluding carboxylic acids is 2. The molecule has 8 heteroatoms. The standard InChI is InChI=1S/C21H28FN5O2/c1-21(2,3)25-19-18(24-16-6-4-14(22)12-27(16)19)13-8-10-26(11-9-13)20(29)15-5-7-17(28)23-15/h4,6,12-13,15,25H,5,7-11H2,1-3H3,(H,23,28)/t15-/m1/s1. The topological polar surface area (TPSA) is 78.7 Å². The van der Waals surface area contributed by atoms with Crippen molar-refractivity contribution in [1.82, 2.24) is 19.6 Å². The Morgan fingerprint density at radius 1 is 1.24 bits per heavy atom. The van der Waals surface area contributed by atoms with Crippen LogP contribution in [0.3, 0.4) is 0 Å². The van der Waals surface area contributed by atoms with Gasteiger partial charge in [-0.15, -0.1) is 0 Å². The molecule has 29 heavy (non-hydrogen) atoms. The first-order valence-electron chi connectivity index (χ1n) is 10.2. The summed E-state index contributed by atoms with van der Waals surface area (Å²) < 4.78 is 15.6. The highest BCUT2D eigenvalue weighted by Gasteiger charge is 2.34. The average molecular weight is 401 g/mol. The van der Waals surface area contributed by atoms with Crippen LogP contribution in [0.25, 0.3) is 5.65 Å². The number of nitrogens with one attached hydrogen (secondary N) is 2. The molecule has 1 atom stereocenters. The third-order valence-corrected chi connectivity index (χ3v) is 5.59. The van der Waals surface area contributed by atoms with Crippen LogP contribution in [0, 0.1) is 5.82 Å². The van der Waals surface area contributed by atoms with Gasteiger partial charge in [0.05, 0.1) is 5.69 Å². The SMILES string of the molecule is CC(C)(C)Nc1c(C2CCN(C(=O)[C@H]3CCC(=O)N3)CC2)nc2ccc(F)cn12. The van der Waals surface area contributed by atoms with Crippen molar-refractivity contribution in [3.8, 4) is 0 Å². The molecular formula is C21H28FN5O2. The van der Waals surface area contributed by atoms with Gasteiger partial charge in [-0.05, 0) is 52.2 Å². The molecule has 2 fully saturated rings. The normalized spacial score (nSPS) is 20.9. The molecule has 0 bridgehead atoms. The summed E-state index contributed by atoms with van der Waals surface area (Å²) in [4.78, 5) is 30.7. The Bertz CT molecular complexity index is 940. The maximum absolute atomic E-state index is 13.9. The summed E-state index contributed by atoms with van der Waals surface area (Å²) >= 11 is 0. The number of carbonyl (C=O) groups is 2. The molecule has 2 aliphatic rings. The highest BCUT2D eigenvalue weighted by Crippen LogP contribution is 2.35. The molecule has 4 rings (SSSR count). The molecule has 2 N–H and O–H groups in total. The Morgan fingerprint density at radius 3 is 2.59 bits per heavy atom. The molecular weight excluding hydrogens is 373 g/mol. The van der Waals surface area contributed by atoms with Crippen molar-refractivity contribution >= 4 is 23.3 Å². The van der Waals surface area contributed by atoms with Gasteiger partial charge in [0.1, 0.15) is 23.3 Å². The Morgan fingerprint density at radius 2 is 1.97 bits per heavy atom. The number of nitrogens with zero attached hydrogens (tertiary/aromatic N) is 3. The van der Waals surface area contributed by atoms with E-state index in [0.717, 1.165) is 24.4 Å². The molecule has 0 radical (unpaired) electrons. The number of hydrogen-bond acceptors (Lipinski definition) is 4. The van der Waals surface area contributed by atoms with Crippen molar-refractivity contribution in [2.24, 2.45) is 0 Å². The van der Waals surface area contributed by atoms with E-state index in [1.54, 1.807) is 10.5 Å². The van der Waals surface area contributed by atoms with Crippen LogP contribution in [0.1, 0.15) is 58.1 Å². The van der Waals surface area contributed by atoms with E-state index in [2.05, 4.69) is 31.4 Å². The maximum Gasteiger partial charge on any atom is 0.245 e. The van der Waals surface area contributed by atoms with Crippen LogP contribution in [-0.4, -0.2) is 50.8 Å². The van der Waals surface area contributed by atoms with E-state index in [9.17, 15) is 14.0 Å². The lowest BCUT2D eigenvalue weighted by Crippen LogP contribution is -2.47. The molecule has 7 nitrogen and oxygen atoms in total.